The highest BCUT2D eigenvalue weighted by molar-refractivity contribution is 8.13. The number of methoxy groups -OCH3 is 1. The minimum Gasteiger partial charge on any atom is -0.494 e. The standard InChI is InChI=1S/C14H15F2NO3S/c1-8(18)21-7-9-3-14(19)17(6-9)12-4-10(15)11(16)5-13(12)20-2/h4-5,9H,3,6-7H2,1-2H3. The van der Waals surface area contributed by atoms with Crippen LogP contribution in [0.3, 0.4) is 0 Å². The van der Waals surface area contributed by atoms with E-state index in [9.17, 15) is 18.4 Å². The summed E-state index contributed by atoms with van der Waals surface area (Å²) in [6.45, 7) is 1.83. The van der Waals surface area contributed by atoms with Gasteiger partial charge in [0.15, 0.2) is 16.7 Å². The van der Waals surface area contributed by atoms with E-state index in [0.29, 0.717) is 12.3 Å². The van der Waals surface area contributed by atoms with Crippen LogP contribution in [0.15, 0.2) is 12.1 Å². The number of amides is 1. The molecule has 1 aliphatic rings. The number of ether oxygens (including phenoxy) is 1. The molecule has 4 nitrogen and oxygen atoms in total. The van der Waals surface area contributed by atoms with Gasteiger partial charge in [0.2, 0.25) is 5.91 Å². The van der Waals surface area contributed by atoms with Gasteiger partial charge in [0.1, 0.15) is 5.75 Å². The van der Waals surface area contributed by atoms with E-state index in [0.717, 1.165) is 23.9 Å². The molecule has 0 aliphatic carbocycles. The third-order valence-corrected chi connectivity index (χ3v) is 4.28. The summed E-state index contributed by atoms with van der Waals surface area (Å²) < 4.78 is 31.6. The van der Waals surface area contributed by atoms with Gasteiger partial charge in [0.05, 0.1) is 12.8 Å². The molecule has 1 atom stereocenters. The summed E-state index contributed by atoms with van der Waals surface area (Å²) >= 11 is 1.16. The average Bonchev–Trinajstić information content (AvgIpc) is 2.80. The number of rotatable bonds is 4. The van der Waals surface area contributed by atoms with Gasteiger partial charge in [-0.3, -0.25) is 9.59 Å². The average molecular weight is 315 g/mol. The van der Waals surface area contributed by atoms with Gasteiger partial charge in [0.25, 0.3) is 0 Å². The van der Waals surface area contributed by atoms with E-state index in [1.54, 1.807) is 0 Å². The summed E-state index contributed by atoms with van der Waals surface area (Å²) in [7, 11) is 1.33. The van der Waals surface area contributed by atoms with E-state index in [4.69, 9.17) is 4.74 Å². The van der Waals surface area contributed by atoms with Crippen molar-refractivity contribution in [2.24, 2.45) is 5.92 Å². The van der Waals surface area contributed by atoms with Crippen molar-refractivity contribution in [3.05, 3.63) is 23.8 Å². The molecule has 1 aromatic carbocycles. The van der Waals surface area contributed by atoms with Crippen LogP contribution in [0.1, 0.15) is 13.3 Å². The molecule has 0 aromatic heterocycles. The van der Waals surface area contributed by atoms with E-state index in [1.807, 2.05) is 0 Å². The van der Waals surface area contributed by atoms with E-state index in [1.165, 1.54) is 18.9 Å². The predicted molar refractivity (Wildman–Crippen MR) is 76.5 cm³/mol. The highest BCUT2D eigenvalue weighted by Gasteiger charge is 2.33. The number of benzene rings is 1. The summed E-state index contributed by atoms with van der Waals surface area (Å²) in [6, 6.07) is 1.89. The van der Waals surface area contributed by atoms with Crippen molar-refractivity contribution >= 4 is 28.5 Å². The Kier molecular flexibility index (Phi) is 4.82. The molecular formula is C14H15F2NO3S. The van der Waals surface area contributed by atoms with Crippen LogP contribution in [-0.2, 0) is 9.59 Å². The van der Waals surface area contributed by atoms with Gasteiger partial charge in [-0.15, -0.1) is 0 Å². The third-order valence-electron chi connectivity index (χ3n) is 3.24. The molecule has 114 valence electrons. The Labute approximate surface area is 125 Å². The van der Waals surface area contributed by atoms with Gasteiger partial charge in [-0.2, -0.15) is 0 Å². The number of hydrogen-bond acceptors (Lipinski definition) is 4. The number of anilines is 1. The number of nitrogens with zero attached hydrogens (tertiary/aromatic N) is 1. The largest absolute Gasteiger partial charge is 0.494 e. The topological polar surface area (TPSA) is 46.6 Å². The molecule has 7 heteroatoms. The molecule has 0 bridgehead atoms. The SMILES string of the molecule is COc1cc(F)c(F)cc1N1CC(CSC(C)=O)CC1=O. The monoisotopic (exact) mass is 315 g/mol. The smallest absolute Gasteiger partial charge is 0.227 e. The first kappa shape index (κ1) is 15.8. The lowest BCUT2D eigenvalue weighted by atomic mass is 10.1. The Bertz CT molecular complexity index is 580. The third kappa shape index (κ3) is 3.53. The van der Waals surface area contributed by atoms with Gasteiger partial charge in [-0.25, -0.2) is 8.78 Å². The van der Waals surface area contributed by atoms with E-state index >= 15 is 0 Å². The molecule has 0 saturated carbocycles. The maximum atomic E-state index is 13.4. The summed E-state index contributed by atoms with van der Waals surface area (Å²) in [4.78, 5) is 24.4. The van der Waals surface area contributed by atoms with Crippen LogP contribution < -0.4 is 9.64 Å². The maximum absolute atomic E-state index is 13.4. The Balaban J connectivity index is 2.20. The first-order chi connectivity index (χ1) is 9.92. The van der Waals surface area contributed by atoms with Crippen LogP contribution in [0.2, 0.25) is 0 Å². The van der Waals surface area contributed by atoms with Crippen molar-refractivity contribution in [2.75, 3.05) is 24.3 Å². The number of hydrogen-bond donors (Lipinski definition) is 0. The van der Waals surface area contributed by atoms with Crippen LogP contribution >= 0.6 is 11.8 Å². The molecular weight excluding hydrogens is 300 g/mol. The van der Waals surface area contributed by atoms with Crippen LogP contribution in [0.4, 0.5) is 14.5 Å². The van der Waals surface area contributed by atoms with Crippen LogP contribution in [-0.4, -0.2) is 30.4 Å². The van der Waals surface area contributed by atoms with Crippen molar-refractivity contribution in [3.8, 4) is 5.75 Å². The highest BCUT2D eigenvalue weighted by atomic mass is 32.2. The van der Waals surface area contributed by atoms with Gasteiger partial charge in [0, 0.05) is 37.8 Å². The molecule has 21 heavy (non-hydrogen) atoms. The Morgan fingerprint density at radius 1 is 1.43 bits per heavy atom. The van der Waals surface area contributed by atoms with Gasteiger partial charge >= 0.3 is 0 Å². The zero-order valence-corrected chi connectivity index (χ0v) is 12.5. The second-order valence-corrected chi connectivity index (χ2v) is 6.01. The predicted octanol–water partition coefficient (Wildman–Crippen LogP) is 2.61. The molecule has 1 saturated heterocycles. The van der Waals surface area contributed by atoms with E-state index in [-0.39, 0.29) is 34.8 Å². The fourth-order valence-corrected chi connectivity index (χ4v) is 2.95. The van der Waals surface area contributed by atoms with Crippen LogP contribution in [0.25, 0.3) is 0 Å². The molecule has 0 radical (unpaired) electrons. The van der Waals surface area contributed by atoms with Crippen molar-refractivity contribution in [1.29, 1.82) is 0 Å². The number of carbonyl (C=O) groups excluding carboxylic acids is 2. The highest BCUT2D eigenvalue weighted by Crippen LogP contribution is 2.35. The van der Waals surface area contributed by atoms with Gasteiger partial charge in [-0.05, 0) is 5.92 Å². The molecule has 1 heterocycles. The molecule has 1 aromatic rings. The van der Waals surface area contributed by atoms with Crippen LogP contribution in [0.5, 0.6) is 5.75 Å². The molecule has 1 unspecified atom stereocenters. The van der Waals surface area contributed by atoms with E-state index < -0.39 is 11.6 Å². The van der Waals surface area contributed by atoms with Crippen molar-refractivity contribution < 1.29 is 23.1 Å². The zero-order valence-electron chi connectivity index (χ0n) is 11.7. The Hall–Kier alpha value is -1.63. The fraction of sp³-hybridized carbons (Fsp3) is 0.429. The number of carbonyl (C=O) groups is 2. The Morgan fingerprint density at radius 3 is 2.71 bits per heavy atom. The number of halogens is 2. The van der Waals surface area contributed by atoms with Crippen molar-refractivity contribution in [2.45, 2.75) is 13.3 Å². The lowest BCUT2D eigenvalue weighted by Gasteiger charge is -2.19. The summed E-state index contributed by atoms with van der Waals surface area (Å²) in [6.07, 6.45) is 0.280. The molecule has 0 spiro atoms. The molecule has 0 N–H and O–H groups in total. The number of thioether (sulfide) groups is 1. The normalized spacial score (nSPS) is 18.2. The lowest BCUT2D eigenvalue weighted by Crippen LogP contribution is -2.25. The maximum Gasteiger partial charge on any atom is 0.227 e. The van der Waals surface area contributed by atoms with E-state index in [2.05, 4.69) is 0 Å². The molecule has 1 fully saturated rings. The van der Waals surface area contributed by atoms with Crippen molar-refractivity contribution in [3.63, 3.8) is 0 Å². The minimum atomic E-state index is -1.03. The summed E-state index contributed by atoms with van der Waals surface area (Å²) in [5.74, 6) is -1.59. The van der Waals surface area contributed by atoms with Crippen molar-refractivity contribution in [1.82, 2.24) is 0 Å². The Morgan fingerprint density at radius 2 is 2.10 bits per heavy atom. The second-order valence-electron chi connectivity index (χ2n) is 4.82. The lowest BCUT2D eigenvalue weighted by molar-refractivity contribution is -0.117. The first-order valence-corrected chi connectivity index (χ1v) is 7.37. The second kappa shape index (κ2) is 6.43. The summed E-state index contributed by atoms with van der Waals surface area (Å²) in [5, 5.41) is -0.00805. The fourth-order valence-electron chi connectivity index (χ4n) is 2.25. The van der Waals surface area contributed by atoms with Gasteiger partial charge in [-0.1, -0.05) is 11.8 Å². The minimum absolute atomic E-state index is 0.00391. The molecule has 1 amide bonds. The zero-order chi connectivity index (χ0) is 15.6. The first-order valence-electron chi connectivity index (χ1n) is 6.39. The van der Waals surface area contributed by atoms with Crippen LogP contribution in [0, 0.1) is 17.6 Å². The molecule has 1 aliphatic heterocycles. The summed E-state index contributed by atoms with van der Waals surface area (Å²) in [5.41, 5.74) is 0.219. The quantitative estimate of drug-likeness (QED) is 0.857. The molecule has 2 rings (SSSR count). The van der Waals surface area contributed by atoms with Gasteiger partial charge < -0.3 is 9.64 Å².